The molecule has 2 aromatic carbocycles. The van der Waals surface area contributed by atoms with Crippen LogP contribution in [0.4, 0.5) is 8.78 Å². The van der Waals surface area contributed by atoms with Crippen LogP contribution in [0.3, 0.4) is 0 Å². The summed E-state index contributed by atoms with van der Waals surface area (Å²) in [5.74, 6) is -4.90. The van der Waals surface area contributed by atoms with E-state index in [0.29, 0.717) is 11.8 Å². The van der Waals surface area contributed by atoms with Gasteiger partial charge in [-0.25, -0.2) is 13.6 Å². The van der Waals surface area contributed by atoms with E-state index in [1.54, 1.807) is 32.0 Å². The van der Waals surface area contributed by atoms with Crippen molar-refractivity contribution in [2.45, 2.75) is 32.6 Å². The van der Waals surface area contributed by atoms with Crippen LogP contribution in [0.5, 0.6) is 0 Å². The van der Waals surface area contributed by atoms with Crippen LogP contribution in [-0.4, -0.2) is 32.3 Å². The topological polar surface area (TPSA) is 109 Å². The molecule has 2 N–H and O–H groups in total. The molecule has 0 saturated heterocycles. The zero-order valence-corrected chi connectivity index (χ0v) is 18.7. The van der Waals surface area contributed by atoms with Gasteiger partial charge in [-0.1, -0.05) is 36.3 Å². The van der Waals surface area contributed by atoms with Gasteiger partial charge in [0.2, 0.25) is 0 Å². The molecule has 3 aromatic rings. The largest absolute Gasteiger partial charge is 0.477 e. The number of nitrogens with zero attached hydrogens (tertiary/aromatic N) is 2. The molecule has 3 rings (SSSR count). The minimum atomic E-state index is -2.19. The van der Waals surface area contributed by atoms with Gasteiger partial charge in [-0.3, -0.25) is 14.2 Å². The number of benzene rings is 2. The molecule has 0 fully saturated rings. The van der Waals surface area contributed by atoms with Crippen molar-refractivity contribution in [2.75, 3.05) is 0 Å². The molecule has 0 amide bonds. The summed E-state index contributed by atoms with van der Waals surface area (Å²) in [5.41, 5.74) is -2.20. The number of aryl methyl sites for hydroxylation is 2. The Morgan fingerprint density at radius 1 is 1.06 bits per heavy atom. The highest BCUT2D eigenvalue weighted by atomic mass is 19.1. The Kier molecular flexibility index (Phi) is 6.76. The van der Waals surface area contributed by atoms with E-state index in [2.05, 4.69) is 5.16 Å². The number of carbonyl (C=O) groups excluding carboxylic acids is 1. The fraction of sp³-hybridized carbons (Fsp3) is 0.200. The number of carboxylic acid groups (broad SMARTS) is 1. The van der Waals surface area contributed by atoms with Crippen molar-refractivity contribution in [2.24, 2.45) is 5.16 Å². The first-order valence-corrected chi connectivity index (χ1v) is 10.3. The number of aliphatic carboxylic acids is 1. The SMILES string of the molecule is CCC(C(=O)c1ccc(F)cc1F)(C(=NO)C(=O)O)c1ccc(=O)n(-c2c(C)cccc2C)c1. The number of para-hydroxylation sites is 1. The molecule has 0 aliphatic heterocycles. The van der Waals surface area contributed by atoms with Gasteiger partial charge in [-0.05, 0) is 49.1 Å². The third-order valence-electron chi connectivity index (χ3n) is 5.88. The summed E-state index contributed by atoms with van der Waals surface area (Å²) in [6.07, 6.45) is 1.02. The number of carboxylic acids is 1. The van der Waals surface area contributed by atoms with Crippen molar-refractivity contribution in [3.8, 4) is 5.69 Å². The molecule has 0 saturated carbocycles. The molecule has 0 radical (unpaired) electrons. The average molecular weight is 468 g/mol. The number of hydrogen-bond acceptors (Lipinski definition) is 5. The second-order valence-corrected chi connectivity index (χ2v) is 7.83. The first kappa shape index (κ1) is 24.5. The summed E-state index contributed by atoms with van der Waals surface area (Å²) >= 11 is 0. The zero-order valence-electron chi connectivity index (χ0n) is 18.7. The molecule has 176 valence electrons. The van der Waals surface area contributed by atoms with Crippen LogP contribution in [0, 0.1) is 25.5 Å². The lowest BCUT2D eigenvalue weighted by Crippen LogP contribution is -2.48. The highest BCUT2D eigenvalue weighted by Crippen LogP contribution is 2.35. The number of aromatic nitrogens is 1. The Morgan fingerprint density at radius 2 is 1.71 bits per heavy atom. The van der Waals surface area contributed by atoms with E-state index < -0.39 is 45.6 Å². The third-order valence-corrected chi connectivity index (χ3v) is 5.88. The Hall–Kier alpha value is -4.14. The minimum absolute atomic E-state index is 0.0128. The van der Waals surface area contributed by atoms with Gasteiger partial charge in [0.15, 0.2) is 11.5 Å². The Labute approximate surface area is 193 Å². The van der Waals surface area contributed by atoms with Crippen LogP contribution in [0.1, 0.15) is 40.4 Å². The molecule has 1 heterocycles. The molecule has 0 aliphatic rings. The predicted octanol–water partition coefficient (Wildman–Crippen LogP) is 4.18. The minimum Gasteiger partial charge on any atom is -0.477 e. The molecule has 0 spiro atoms. The monoisotopic (exact) mass is 468 g/mol. The van der Waals surface area contributed by atoms with E-state index in [9.17, 15) is 33.5 Å². The second-order valence-electron chi connectivity index (χ2n) is 7.83. The van der Waals surface area contributed by atoms with Crippen molar-refractivity contribution in [1.29, 1.82) is 0 Å². The van der Waals surface area contributed by atoms with Crippen LogP contribution in [-0.2, 0) is 10.2 Å². The summed E-state index contributed by atoms with van der Waals surface area (Å²) in [6.45, 7) is 5.03. The summed E-state index contributed by atoms with van der Waals surface area (Å²) in [6, 6.07) is 10.0. The maximum absolute atomic E-state index is 14.6. The summed E-state index contributed by atoms with van der Waals surface area (Å²) in [5, 5.41) is 22.2. The zero-order chi connectivity index (χ0) is 25.2. The van der Waals surface area contributed by atoms with Crippen molar-refractivity contribution >= 4 is 17.5 Å². The lowest BCUT2D eigenvalue weighted by Gasteiger charge is -2.31. The van der Waals surface area contributed by atoms with E-state index in [0.717, 1.165) is 29.3 Å². The number of carbonyl (C=O) groups is 2. The van der Waals surface area contributed by atoms with Gasteiger partial charge in [-0.15, -0.1) is 0 Å². The van der Waals surface area contributed by atoms with E-state index >= 15 is 0 Å². The summed E-state index contributed by atoms with van der Waals surface area (Å²) in [4.78, 5) is 38.5. The third kappa shape index (κ3) is 4.00. The highest BCUT2D eigenvalue weighted by Gasteiger charge is 2.49. The number of hydrogen-bond donors (Lipinski definition) is 2. The van der Waals surface area contributed by atoms with E-state index in [1.165, 1.54) is 23.8 Å². The predicted molar refractivity (Wildman–Crippen MR) is 121 cm³/mol. The van der Waals surface area contributed by atoms with Gasteiger partial charge in [0.1, 0.15) is 17.0 Å². The van der Waals surface area contributed by atoms with Crippen molar-refractivity contribution < 1.29 is 28.7 Å². The lowest BCUT2D eigenvalue weighted by molar-refractivity contribution is -0.129. The fourth-order valence-electron chi connectivity index (χ4n) is 4.22. The van der Waals surface area contributed by atoms with Gasteiger partial charge in [0, 0.05) is 18.3 Å². The first-order chi connectivity index (χ1) is 16.1. The summed E-state index contributed by atoms with van der Waals surface area (Å²) in [7, 11) is 0. The number of pyridine rings is 1. The number of ketones is 1. The standard InChI is InChI=1S/C25H22F2N2O5/c1-4-25(22(28-34)24(32)33,23(31)18-10-9-17(26)12-19(18)27)16-8-11-20(30)29(13-16)21-14(2)6-5-7-15(21)3/h5-13,34H,4H2,1-3H3,(H,32,33). The van der Waals surface area contributed by atoms with Crippen LogP contribution < -0.4 is 5.56 Å². The normalized spacial score (nSPS) is 13.4. The first-order valence-electron chi connectivity index (χ1n) is 10.3. The number of rotatable bonds is 7. The molecule has 34 heavy (non-hydrogen) atoms. The molecule has 1 unspecified atom stereocenters. The number of halogens is 2. The Bertz CT molecular complexity index is 1360. The van der Waals surface area contributed by atoms with Crippen LogP contribution in [0.15, 0.2) is 64.7 Å². The van der Waals surface area contributed by atoms with Gasteiger partial charge >= 0.3 is 5.97 Å². The molecule has 1 aromatic heterocycles. The van der Waals surface area contributed by atoms with Crippen LogP contribution in [0.2, 0.25) is 0 Å². The van der Waals surface area contributed by atoms with Gasteiger partial charge in [0.05, 0.1) is 11.3 Å². The smallest absolute Gasteiger partial charge is 0.355 e. The molecule has 1 atom stereocenters. The van der Waals surface area contributed by atoms with Gasteiger partial charge in [0.25, 0.3) is 5.56 Å². The number of Topliss-reactive ketones (excluding diaryl/α,β-unsaturated/α-hetero) is 1. The van der Waals surface area contributed by atoms with E-state index in [4.69, 9.17) is 0 Å². The van der Waals surface area contributed by atoms with Crippen LogP contribution >= 0.6 is 0 Å². The summed E-state index contributed by atoms with van der Waals surface area (Å²) < 4.78 is 29.3. The molecule has 9 heteroatoms. The second kappa shape index (κ2) is 9.38. The molecule has 0 aliphatic carbocycles. The van der Waals surface area contributed by atoms with Crippen molar-refractivity contribution in [3.05, 3.63) is 99.0 Å². The maximum Gasteiger partial charge on any atom is 0.355 e. The van der Waals surface area contributed by atoms with E-state index in [-0.39, 0.29) is 12.0 Å². The van der Waals surface area contributed by atoms with Gasteiger partial charge in [-0.2, -0.15) is 0 Å². The quantitative estimate of drug-likeness (QED) is 0.234. The maximum atomic E-state index is 14.6. The Balaban J connectivity index is 2.40. The van der Waals surface area contributed by atoms with Gasteiger partial charge < -0.3 is 10.3 Å². The average Bonchev–Trinajstić information content (AvgIpc) is 2.78. The molecular formula is C25H22F2N2O5. The van der Waals surface area contributed by atoms with Crippen molar-refractivity contribution in [1.82, 2.24) is 4.57 Å². The molecule has 7 nitrogen and oxygen atoms in total. The lowest BCUT2D eigenvalue weighted by atomic mass is 9.69. The highest BCUT2D eigenvalue weighted by molar-refractivity contribution is 6.45. The van der Waals surface area contributed by atoms with Crippen molar-refractivity contribution in [3.63, 3.8) is 0 Å². The van der Waals surface area contributed by atoms with E-state index in [1.807, 2.05) is 0 Å². The number of oxime groups is 1. The fourth-order valence-corrected chi connectivity index (χ4v) is 4.22. The van der Waals surface area contributed by atoms with Crippen LogP contribution in [0.25, 0.3) is 5.69 Å². The molecular weight excluding hydrogens is 446 g/mol. The Morgan fingerprint density at radius 3 is 2.24 bits per heavy atom. The molecule has 0 bridgehead atoms.